The van der Waals surface area contributed by atoms with Gasteiger partial charge in [0, 0.05) is 11.6 Å². The van der Waals surface area contributed by atoms with Gasteiger partial charge in [0.15, 0.2) is 0 Å². The average molecular weight is 258 g/mol. The molecule has 100 valence electrons. The Balaban J connectivity index is 2.06. The number of para-hydroxylation sites is 1. The fourth-order valence-electron chi connectivity index (χ4n) is 1.88. The highest BCUT2D eigenvalue weighted by Gasteiger charge is 2.09. The minimum Gasteiger partial charge on any atom is -0.508 e. The Morgan fingerprint density at radius 3 is 2.68 bits per heavy atom. The number of rotatable bonds is 5. The zero-order chi connectivity index (χ0) is 13.7. The minimum absolute atomic E-state index is 0.000874. The number of hydrogen-bond donors (Lipinski definition) is 2. The van der Waals surface area contributed by atoms with Gasteiger partial charge in [-0.25, -0.2) is 4.98 Å². The number of benzene rings is 1. The summed E-state index contributed by atoms with van der Waals surface area (Å²) in [4.78, 5) is 4.19. The first-order valence-corrected chi connectivity index (χ1v) is 6.34. The SMILES string of the molecule is CCOc1ccc(NC(C)c2ccccc2O)cn1. The lowest BCUT2D eigenvalue weighted by molar-refractivity contribution is 0.327. The molecule has 0 fully saturated rings. The Morgan fingerprint density at radius 2 is 2.05 bits per heavy atom. The van der Waals surface area contributed by atoms with Crippen molar-refractivity contribution in [2.24, 2.45) is 0 Å². The van der Waals surface area contributed by atoms with Crippen molar-refractivity contribution >= 4 is 5.69 Å². The maximum absolute atomic E-state index is 9.80. The third-order valence-corrected chi connectivity index (χ3v) is 2.81. The molecule has 0 saturated heterocycles. The van der Waals surface area contributed by atoms with E-state index in [4.69, 9.17) is 4.74 Å². The average Bonchev–Trinajstić information content (AvgIpc) is 2.42. The fourth-order valence-corrected chi connectivity index (χ4v) is 1.88. The van der Waals surface area contributed by atoms with E-state index in [0.29, 0.717) is 18.2 Å². The van der Waals surface area contributed by atoms with Gasteiger partial charge in [0.25, 0.3) is 0 Å². The van der Waals surface area contributed by atoms with Crippen molar-refractivity contribution in [3.63, 3.8) is 0 Å². The topological polar surface area (TPSA) is 54.4 Å². The predicted molar refractivity (Wildman–Crippen MR) is 75.6 cm³/mol. The van der Waals surface area contributed by atoms with Crippen molar-refractivity contribution < 1.29 is 9.84 Å². The third kappa shape index (κ3) is 3.37. The van der Waals surface area contributed by atoms with Crippen LogP contribution in [0.1, 0.15) is 25.5 Å². The van der Waals surface area contributed by atoms with Gasteiger partial charge in [-0.3, -0.25) is 0 Å². The van der Waals surface area contributed by atoms with E-state index < -0.39 is 0 Å². The molecular weight excluding hydrogens is 240 g/mol. The molecule has 0 aliphatic heterocycles. The molecule has 1 heterocycles. The molecule has 1 atom stereocenters. The fraction of sp³-hybridized carbons (Fsp3) is 0.267. The van der Waals surface area contributed by atoms with Gasteiger partial charge in [0.05, 0.1) is 24.5 Å². The van der Waals surface area contributed by atoms with Crippen LogP contribution in [-0.4, -0.2) is 16.7 Å². The van der Waals surface area contributed by atoms with Crippen LogP contribution in [0.25, 0.3) is 0 Å². The summed E-state index contributed by atoms with van der Waals surface area (Å²) in [6, 6.07) is 11.0. The van der Waals surface area contributed by atoms with Crippen LogP contribution in [0.15, 0.2) is 42.6 Å². The van der Waals surface area contributed by atoms with Gasteiger partial charge in [0.2, 0.25) is 5.88 Å². The highest BCUT2D eigenvalue weighted by Crippen LogP contribution is 2.26. The molecule has 2 N–H and O–H groups in total. The quantitative estimate of drug-likeness (QED) is 0.863. The zero-order valence-electron chi connectivity index (χ0n) is 11.1. The van der Waals surface area contributed by atoms with Crippen LogP contribution in [0.2, 0.25) is 0 Å². The van der Waals surface area contributed by atoms with Gasteiger partial charge in [-0.1, -0.05) is 18.2 Å². The van der Waals surface area contributed by atoms with Crippen molar-refractivity contribution in [1.82, 2.24) is 4.98 Å². The summed E-state index contributed by atoms with van der Waals surface area (Å²) in [5.74, 6) is 0.907. The maximum Gasteiger partial charge on any atom is 0.213 e. The van der Waals surface area contributed by atoms with Crippen molar-refractivity contribution in [1.29, 1.82) is 0 Å². The number of hydrogen-bond acceptors (Lipinski definition) is 4. The molecule has 4 heteroatoms. The Morgan fingerprint density at radius 1 is 1.26 bits per heavy atom. The number of aromatic hydroxyl groups is 1. The highest BCUT2D eigenvalue weighted by atomic mass is 16.5. The lowest BCUT2D eigenvalue weighted by Crippen LogP contribution is -2.07. The molecule has 19 heavy (non-hydrogen) atoms. The zero-order valence-corrected chi connectivity index (χ0v) is 11.1. The molecule has 0 aliphatic rings. The first kappa shape index (κ1) is 13.2. The monoisotopic (exact) mass is 258 g/mol. The van der Waals surface area contributed by atoms with Crippen molar-refractivity contribution in [2.75, 3.05) is 11.9 Å². The smallest absolute Gasteiger partial charge is 0.213 e. The molecule has 0 amide bonds. The van der Waals surface area contributed by atoms with E-state index in [1.165, 1.54) is 0 Å². The second-order valence-electron chi connectivity index (χ2n) is 4.24. The first-order valence-electron chi connectivity index (χ1n) is 6.34. The molecule has 1 unspecified atom stereocenters. The number of ether oxygens (including phenoxy) is 1. The molecule has 1 aromatic heterocycles. The summed E-state index contributed by atoms with van der Waals surface area (Å²) in [5, 5.41) is 13.1. The second kappa shape index (κ2) is 6.09. The number of aromatic nitrogens is 1. The molecule has 0 radical (unpaired) electrons. The predicted octanol–water partition coefficient (Wildman–Crippen LogP) is 3.36. The largest absolute Gasteiger partial charge is 0.508 e. The Bertz CT molecular complexity index is 526. The van der Waals surface area contributed by atoms with Gasteiger partial charge in [-0.05, 0) is 26.0 Å². The second-order valence-corrected chi connectivity index (χ2v) is 4.24. The van der Waals surface area contributed by atoms with Crippen LogP contribution in [0.3, 0.4) is 0 Å². The number of nitrogens with zero attached hydrogens (tertiary/aromatic N) is 1. The summed E-state index contributed by atoms with van der Waals surface area (Å²) >= 11 is 0. The van der Waals surface area contributed by atoms with Crippen LogP contribution in [0, 0.1) is 0 Å². The van der Waals surface area contributed by atoms with Crippen molar-refractivity contribution in [3.05, 3.63) is 48.2 Å². The summed E-state index contributed by atoms with van der Waals surface area (Å²) in [6.07, 6.45) is 1.72. The van der Waals surface area contributed by atoms with Crippen LogP contribution in [0.5, 0.6) is 11.6 Å². The molecule has 0 spiro atoms. The number of phenols is 1. The molecule has 2 aromatic rings. The third-order valence-electron chi connectivity index (χ3n) is 2.81. The standard InChI is InChI=1S/C15H18N2O2/c1-3-19-15-9-8-12(10-16-15)17-11(2)13-6-4-5-7-14(13)18/h4-11,17-18H,3H2,1-2H3. The van der Waals surface area contributed by atoms with E-state index in [2.05, 4.69) is 10.3 Å². The lowest BCUT2D eigenvalue weighted by atomic mass is 10.1. The van der Waals surface area contributed by atoms with Crippen LogP contribution < -0.4 is 10.1 Å². The lowest BCUT2D eigenvalue weighted by Gasteiger charge is -2.16. The first-order chi connectivity index (χ1) is 9.20. The number of anilines is 1. The van der Waals surface area contributed by atoms with Gasteiger partial charge in [-0.2, -0.15) is 0 Å². The van der Waals surface area contributed by atoms with Crippen LogP contribution in [-0.2, 0) is 0 Å². The maximum atomic E-state index is 9.80. The summed E-state index contributed by atoms with van der Waals surface area (Å²) < 4.78 is 5.29. The van der Waals surface area contributed by atoms with Gasteiger partial charge < -0.3 is 15.2 Å². The number of phenolic OH excluding ortho intramolecular Hbond substituents is 1. The summed E-state index contributed by atoms with van der Waals surface area (Å²) in [5.41, 5.74) is 1.75. The molecular formula is C15H18N2O2. The van der Waals surface area contributed by atoms with Crippen LogP contribution >= 0.6 is 0 Å². The van der Waals surface area contributed by atoms with Gasteiger partial charge >= 0.3 is 0 Å². The normalized spacial score (nSPS) is 11.9. The van der Waals surface area contributed by atoms with E-state index in [1.807, 2.05) is 44.2 Å². The van der Waals surface area contributed by atoms with E-state index in [9.17, 15) is 5.11 Å². The summed E-state index contributed by atoms with van der Waals surface area (Å²) in [6.45, 7) is 4.52. The molecule has 0 bridgehead atoms. The number of nitrogens with one attached hydrogen (secondary N) is 1. The van der Waals surface area contributed by atoms with E-state index >= 15 is 0 Å². The molecule has 4 nitrogen and oxygen atoms in total. The Hall–Kier alpha value is -2.23. The van der Waals surface area contributed by atoms with E-state index in [-0.39, 0.29) is 6.04 Å². The minimum atomic E-state index is 0.000874. The Labute approximate surface area is 113 Å². The molecule has 0 saturated carbocycles. The van der Waals surface area contributed by atoms with Gasteiger partial charge in [-0.15, -0.1) is 0 Å². The van der Waals surface area contributed by atoms with E-state index in [1.54, 1.807) is 12.3 Å². The molecule has 1 aromatic carbocycles. The number of pyridine rings is 1. The van der Waals surface area contributed by atoms with Crippen molar-refractivity contribution in [3.8, 4) is 11.6 Å². The molecule has 0 aliphatic carbocycles. The molecule has 2 rings (SSSR count). The summed E-state index contributed by atoms with van der Waals surface area (Å²) in [7, 11) is 0. The van der Waals surface area contributed by atoms with E-state index in [0.717, 1.165) is 11.3 Å². The van der Waals surface area contributed by atoms with Crippen molar-refractivity contribution in [2.45, 2.75) is 19.9 Å². The van der Waals surface area contributed by atoms with Gasteiger partial charge in [0.1, 0.15) is 5.75 Å². The highest BCUT2D eigenvalue weighted by molar-refractivity contribution is 5.46. The Kier molecular flexibility index (Phi) is 4.23. The van der Waals surface area contributed by atoms with Crippen LogP contribution in [0.4, 0.5) is 5.69 Å².